The Labute approximate surface area is 120 Å². The minimum absolute atomic E-state index is 0.0661. The molecule has 0 fully saturated rings. The van der Waals surface area contributed by atoms with Crippen LogP contribution < -0.4 is 0 Å². The van der Waals surface area contributed by atoms with Crippen LogP contribution in [0.1, 0.15) is 54.8 Å². The minimum atomic E-state index is 0.0661. The molecular weight excluding hydrogens is 246 g/mol. The van der Waals surface area contributed by atoms with Gasteiger partial charge in [0.15, 0.2) is 5.78 Å². The fourth-order valence-electron chi connectivity index (χ4n) is 3.22. The minimum Gasteiger partial charge on any atom is -0.344 e. The smallest absolute Gasteiger partial charge is 0.165 e. The van der Waals surface area contributed by atoms with Gasteiger partial charge in [0.1, 0.15) is 0 Å². The van der Waals surface area contributed by atoms with Crippen molar-refractivity contribution in [2.24, 2.45) is 5.41 Å². The second-order valence-corrected chi connectivity index (χ2v) is 6.61. The summed E-state index contributed by atoms with van der Waals surface area (Å²) in [7, 11) is 0. The van der Waals surface area contributed by atoms with Crippen molar-refractivity contribution < 1.29 is 4.79 Å². The van der Waals surface area contributed by atoms with Gasteiger partial charge in [-0.25, -0.2) is 0 Å². The van der Waals surface area contributed by atoms with Crippen molar-refractivity contribution in [1.29, 1.82) is 0 Å². The number of carbonyl (C=O) groups is 1. The Morgan fingerprint density at radius 3 is 2.50 bits per heavy atom. The van der Waals surface area contributed by atoms with Crippen LogP contribution in [0.4, 0.5) is 0 Å². The van der Waals surface area contributed by atoms with Crippen LogP contribution in [0.25, 0.3) is 0 Å². The first-order valence-electron chi connectivity index (χ1n) is 7.26. The van der Waals surface area contributed by atoms with Crippen molar-refractivity contribution >= 4 is 5.78 Å². The van der Waals surface area contributed by atoms with Gasteiger partial charge in [0.25, 0.3) is 0 Å². The maximum absolute atomic E-state index is 12.3. The first-order valence-corrected chi connectivity index (χ1v) is 7.26. The highest BCUT2D eigenvalue weighted by atomic mass is 16.1. The summed E-state index contributed by atoms with van der Waals surface area (Å²) in [4.78, 5) is 12.3. The fourth-order valence-corrected chi connectivity index (χ4v) is 3.22. The summed E-state index contributed by atoms with van der Waals surface area (Å²) in [6.07, 6.45) is 3.70. The molecule has 104 valence electrons. The molecule has 2 nitrogen and oxygen atoms in total. The molecule has 1 aliphatic carbocycles. The largest absolute Gasteiger partial charge is 0.344 e. The van der Waals surface area contributed by atoms with Crippen molar-refractivity contribution in [1.82, 2.24) is 4.57 Å². The lowest BCUT2D eigenvalue weighted by Crippen LogP contribution is -2.28. The number of nitrogens with zero attached hydrogens (tertiary/aromatic N) is 1. The predicted octanol–water partition coefficient (Wildman–Crippen LogP) is 4.25. The molecule has 20 heavy (non-hydrogen) atoms. The Hall–Kier alpha value is -1.83. The number of carbonyl (C=O) groups excluding carboxylic acids is 1. The van der Waals surface area contributed by atoms with E-state index in [-0.39, 0.29) is 17.2 Å². The molecule has 0 amide bonds. The number of hydrogen-bond acceptors (Lipinski definition) is 1. The Morgan fingerprint density at radius 1 is 1.10 bits per heavy atom. The number of aromatic nitrogens is 1. The maximum Gasteiger partial charge on any atom is 0.165 e. The van der Waals surface area contributed by atoms with Gasteiger partial charge in [-0.2, -0.15) is 0 Å². The van der Waals surface area contributed by atoms with E-state index >= 15 is 0 Å². The summed E-state index contributed by atoms with van der Waals surface area (Å²) in [6.45, 7) is 6.55. The molecule has 2 heteroatoms. The van der Waals surface area contributed by atoms with Crippen LogP contribution in [0.5, 0.6) is 0 Å². The van der Waals surface area contributed by atoms with Crippen LogP contribution in [-0.2, 0) is 6.42 Å². The predicted molar refractivity (Wildman–Crippen MR) is 81.1 cm³/mol. The molecular formula is C18H21NO. The Kier molecular flexibility index (Phi) is 3.04. The summed E-state index contributed by atoms with van der Waals surface area (Å²) >= 11 is 0. The van der Waals surface area contributed by atoms with Gasteiger partial charge in [-0.3, -0.25) is 4.79 Å². The number of ketones is 1. The van der Waals surface area contributed by atoms with Crippen LogP contribution in [0.3, 0.4) is 0 Å². The molecule has 1 aliphatic rings. The zero-order chi connectivity index (χ0) is 14.3. The van der Waals surface area contributed by atoms with Crippen LogP contribution in [0, 0.1) is 5.41 Å². The maximum atomic E-state index is 12.3. The number of Topliss-reactive ketones (excluding diaryl/α,β-unsaturated/α-hetero) is 1. The zero-order valence-corrected chi connectivity index (χ0v) is 12.4. The third-order valence-corrected chi connectivity index (χ3v) is 4.31. The second-order valence-electron chi connectivity index (χ2n) is 6.61. The van der Waals surface area contributed by atoms with Crippen LogP contribution in [0.15, 0.2) is 42.6 Å². The van der Waals surface area contributed by atoms with Gasteiger partial charge >= 0.3 is 0 Å². The molecule has 0 spiro atoms. The van der Waals surface area contributed by atoms with Gasteiger partial charge in [0.05, 0.1) is 6.04 Å². The summed E-state index contributed by atoms with van der Waals surface area (Å²) < 4.78 is 2.27. The topological polar surface area (TPSA) is 22.0 Å². The van der Waals surface area contributed by atoms with Gasteiger partial charge in [-0.1, -0.05) is 44.2 Å². The van der Waals surface area contributed by atoms with Gasteiger partial charge in [-0.15, -0.1) is 0 Å². The number of rotatable bonds is 2. The first kappa shape index (κ1) is 13.2. The average molecular weight is 267 g/mol. The quantitative estimate of drug-likeness (QED) is 0.797. The van der Waals surface area contributed by atoms with Crippen molar-refractivity contribution in [2.75, 3.05) is 0 Å². The van der Waals surface area contributed by atoms with Crippen molar-refractivity contribution in [3.63, 3.8) is 0 Å². The van der Waals surface area contributed by atoms with Gasteiger partial charge in [0.2, 0.25) is 0 Å². The van der Waals surface area contributed by atoms with Crippen LogP contribution >= 0.6 is 0 Å². The molecule has 0 bridgehead atoms. The van der Waals surface area contributed by atoms with Crippen molar-refractivity contribution in [3.05, 3.63) is 59.4 Å². The van der Waals surface area contributed by atoms with Gasteiger partial charge in [-0.05, 0) is 30.4 Å². The molecule has 1 aromatic carbocycles. The van der Waals surface area contributed by atoms with Crippen LogP contribution in [0.2, 0.25) is 0 Å². The third kappa shape index (κ3) is 2.20. The fraction of sp³-hybridized carbons (Fsp3) is 0.389. The first-order chi connectivity index (χ1) is 9.48. The molecule has 0 saturated carbocycles. The van der Waals surface area contributed by atoms with E-state index in [2.05, 4.69) is 55.8 Å². The van der Waals surface area contributed by atoms with Crippen molar-refractivity contribution in [2.45, 2.75) is 39.7 Å². The molecule has 0 radical (unpaired) electrons. The number of fused-ring (bicyclic) bond motifs is 1. The number of hydrogen-bond donors (Lipinski definition) is 0. The lowest BCUT2D eigenvalue weighted by molar-refractivity contribution is 0.0909. The SMILES string of the molecule is CC(c1ccccc1)n1ccc2c1CC(C)(C)CC2=O. The average Bonchev–Trinajstić information content (AvgIpc) is 2.81. The van der Waals surface area contributed by atoms with Crippen LogP contribution in [-0.4, -0.2) is 10.4 Å². The number of benzene rings is 1. The molecule has 3 rings (SSSR count). The van der Waals surface area contributed by atoms with E-state index in [0.29, 0.717) is 6.42 Å². The highest BCUT2D eigenvalue weighted by molar-refractivity contribution is 5.98. The zero-order valence-electron chi connectivity index (χ0n) is 12.4. The van der Waals surface area contributed by atoms with E-state index in [1.165, 1.54) is 11.3 Å². The Morgan fingerprint density at radius 2 is 1.80 bits per heavy atom. The molecule has 0 N–H and O–H groups in total. The van der Waals surface area contributed by atoms with Gasteiger partial charge < -0.3 is 4.57 Å². The highest BCUT2D eigenvalue weighted by Crippen LogP contribution is 2.37. The van der Waals surface area contributed by atoms with E-state index in [1.807, 2.05) is 12.1 Å². The second kappa shape index (κ2) is 4.62. The monoisotopic (exact) mass is 267 g/mol. The van der Waals surface area contributed by atoms with E-state index < -0.39 is 0 Å². The van der Waals surface area contributed by atoms with E-state index in [4.69, 9.17) is 0 Å². The lowest BCUT2D eigenvalue weighted by atomic mass is 9.76. The standard InChI is InChI=1S/C18H21NO/c1-13(14-7-5-4-6-8-14)19-10-9-15-16(19)11-18(2,3)12-17(15)20/h4-10,13H,11-12H2,1-3H3. The lowest BCUT2D eigenvalue weighted by Gasteiger charge is -2.31. The molecule has 1 aromatic heterocycles. The summed E-state index contributed by atoms with van der Waals surface area (Å²) in [5.41, 5.74) is 3.47. The van der Waals surface area contributed by atoms with E-state index in [0.717, 1.165) is 12.0 Å². The normalized spacial score (nSPS) is 18.6. The van der Waals surface area contributed by atoms with E-state index in [9.17, 15) is 4.79 Å². The van der Waals surface area contributed by atoms with E-state index in [1.54, 1.807) is 0 Å². The molecule has 1 atom stereocenters. The molecule has 1 heterocycles. The molecule has 0 aliphatic heterocycles. The van der Waals surface area contributed by atoms with Crippen molar-refractivity contribution in [3.8, 4) is 0 Å². The Balaban J connectivity index is 2.03. The summed E-state index contributed by atoms with van der Waals surface area (Å²) in [5, 5.41) is 0. The van der Waals surface area contributed by atoms with Gasteiger partial charge in [0, 0.05) is 23.9 Å². The summed E-state index contributed by atoms with van der Waals surface area (Å²) in [6, 6.07) is 12.7. The highest BCUT2D eigenvalue weighted by Gasteiger charge is 2.33. The summed E-state index contributed by atoms with van der Waals surface area (Å²) in [5.74, 6) is 0.287. The molecule has 1 unspecified atom stereocenters. The molecule has 2 aromatic rings. The Bertz CT molecular complexity index is 637. The third-order valence-electron chi connectivity index (χ3n) is 4.31. The molecule has 0 saturated heterocycles.